The van der Waals surface area contributed by atoms with Crippen LogP contribution in [0.5, 0.6) is 0 Å². The van der Waals surface area contributed by atoms with Crippen LogP contribution >= 0.6 is 0 Å². The fourth-order valence-corrected chi connectivity index (χ4v) is 4.16. The van der Waals surface area contributed by atoms with Crippen LogP contribution in [0, 0.1) is 0 Å². The lowest BCUT2D eigenvalue weighted by Crippen LogP contribution is -2.53. The van der Waals surface area contributed by atoms with Gasteiger partial charge < -0.3 is 10.2 Å². The van der Waals surface area contributed by atoms with E-state index in [2.05, 4.69) is 5.32 Å². The molecule has 0 aromatic heterocycles. The first-order valence-corrected chi connectivity index (χ1v) is 10.7. The Morgan fingerprint density at radius 2 is 1.50 bits per heavy atom. The second kappa shape index (κ2) is 9.18. The molecule has 1 atom stereocenters. The molecule has 32 heavy (non-hydrogen) atoms. The zero-order valence-electron chi connectivity index (χ0n) is 17.9. The number of hydrogen-bond acceptors (Lipinski definition) is 4. The van der Waals surface area contributed by atoms with Crippen LogP contribution in [0.3, 0.4) is 0 Å². The number of nitrogens with zero attached hydrogens (tertiary/aromatic N) is 2. The van der Waals surface area contributed by atoms with Crippen molar-refractivity contribution < 1.29 is 19.2 Å². The summed E-state index contributed by atoms with van der Waals surface area (Å²) in [6, 6.07) is 15.3. The summed E-state index contributed by atoms with van der Waals surface area (Å²) in [5, 5.41) is 2.98. The highest BCUT2D eigenvalue weighted by Crippen LogP contribution is 2.25. The van der Waals surface area contributed by atoms with Crippen molar-refractivity contribution in [1.82, 2.24) is 15.1 Å². The molecule has 2 aromatic carbocycles. The quantitative estimate of drug-likeness (QED) is 0.582. The highest BCUT2D eigenvalue weighted by Gasteiger charge is 2.42. The molecule has 4 rings (SSSR count). The van der Waals surface area contributed by atoms with Crippen LogP contribution in [0.2, 0.25) is 0 Å². The molecule has 7 nitrogen and oxygen atoms in total. The van der Waals surface area contributed by atoms with Crippen molar-refractivity contribution in [2.75, 3.05) is 13.1 Å². The summed E-state index contributed by atoms with van der Waals surface area (Å²) in [7, 11) is 0. The van der Waals surface area contributed by atoms with Gasteiger partial charge in [-0.3, -0.25) is 24.1 Å². The van der Waals surface area contributed by atoms with Gasteiger partial charge in [0.25, 0.3) is 11.8 Å². The minimum absolute atomic E-state index is 0.0263. The van der Waals surface area contributed by atoms with Gasteiger partial charge in [-0.05, 0) is 43.5 Å². The van der Waals surface area contributed by atoms with E-state index in [0.717, 1.165) is 10.5 Å². The molecule has 0 radical (unpaired) electrons. The largest absolute Gasteiger partial charge is 0.350 e. The minimum atomic E-state index is -0.873. The van der Waals surface area contributed by atoms with Gasteiger partial charge in [-0.15, -0.1) is 0 Å². The number of amides is 4. The van der Waals surface area contributed by atoms with Gasteiger partial charge in [0.1, 0.15) is 6.04 Å². The van der Waals surface area contributed by atoms with Crippen LogP contribution in [-0.2, 0) is 9.59 Å². The van der Waals surface area contributed by atoms with E-state index in [1.165, 1.54) is 6.08 Å². The molecule has 1 saturated heterocycles. The van der Waals surface area contributed by atoms with E-state index in [4.69, 9.17) is 0 Å². The van der Waals surface area contributed by atoms with Crippen LogP contribution in [-0.4, -0.2) is 58.6 Å². The standard InChI is InChI=1S/C25H25N3O4/c1-17(28-24(31)20-9-5-6-10-21(20)25(28)32)23(30)27-15-13-19(14-16-27)26-22(29)12-11-18-7-3-2-4-8-18/h2-12,17,19H,13-16H2,1H3,(H,26,29)/b12-11+. The molecule has 1 fully saturated rings. The Balaban J connectivity index is 1.30. The van der Waals surface area contributed by atoms with E-state index < -0.39 is 17.9 Å². The number of likely N-dealkylation sites (tertiary alicyclic amines) is 1. The van der Waals surface area contributed by atoms with Crippen LogP contribution in [0.15, 0.2) is 60.7 Å². The Kier molecular flexibility index (Phi) is 6.16. The zero-order chi connectivity index (χ0) is 22.7. The van der Waals surface area contributed by atoms with Crippen molar-refractivity contribution >= 4 is 29.7 Å². The molecular weight excluding hydrogens is 406 g/mol. The third-order valence-corrected chi connectivity index (χ3v) is 5.95. The molecule has 7 heteroatoms. The van der Waals surface area contributed by atoms with Gasteiger partial charge in [0.05, 0.1) is 11.1 Å². The van der Waals surface area contributed by atoms with Crippen molar-refractivity contribution in [2.24, 2.45) is 0 Å². The number of benzene rings is 2. The first kappa shape index (κ1) is 21.5. The topological polar surface area (TPSA) is 86.8 Å². The monoisotopic (exact) mass is 431 g/mol. The molecule has 0 saturated carbocycles. The van der Waals surface area contributed by atoms with Gasteiger partial charge in [-0.25, -0.2) is 0 Å². The molecule has 2 aromatic rings. The summed E-state index contributed by atoms with van der Waals surface area (Å²) in [6.07, 6.45) is 4.51. The summed E-state index contributed by atoms with van der Waals surface area (Å²) >= 11 is 0. The molecule has 1 unspecified atom stereocenters. The van der Waals surface area contributed by atoms with E-state index in [1.54, 1.807) is 42.2 Å². The highest BCUT2D eigenvalue weighted by molar-refractivity contribution is 6.22. The second-order valence-corrected chi connectivity index (χ2v) is 8.05. The third-order valence-electron chi connectivity index (χ3n) is 5.95. The number of rotatable bonds is 5. The fourth-order valence-electron chi connectivity index (χ4n) is 4.16. The van der Waals surface area contributed by atoms with E-state index in [1.807, 2.05) is 30.3 Å². The first-order valence-electron chi connectivity index (χ1n) is 10.7. The van der Waals surface area contributed by atoms with Gasteiger partial charge in [0.2, 0.25) is 11.8 Å². The molecule has 164 valence electrons. The average Bonchev–Trinajstić information content (AvgIpc) is 3.08. The average molecular weight is 431 g/mol. The number of nitrogens with one attached hydrogen (secondary N) is 1. The molecular formula is C25H25N3O4. The van der Waals surface area contributed by atoms with Gasteiger partial charge in [0, 0.05) is 25.2 Å². The Labute approximate surface area is 186 Å². The number of fused-ring (bicyclic) bond motifs is 1. The SMILES string of the molecule is CC(C(=O)N1CCC(NC(=O)/C=C/c2ccccc2)CC1)N1C(=O)c2ccccc2C1=O. The predicted octanol–water partition coefficient (Wildman–Crippen LogP) is 2.49. The Hall–Kier alpha value is -3.74. The van der Waals surface area contributed by atoms with Crippen molar-refractivity contribution in [1.29, 1.82) is 0 Å². The van der Waals surface area contributed by atoms with Gasteiger partial charge >= 0.3 is 0 Å². The molecule has 2 aliphatic rings. The summed E-state index contributed by atoms with van der Waals surface area (Å²) in [6.45, 7) is 2.51. The van der Waals surface area contributed by atoms with Gasteiger partial charge in [-0.2, -0.15) is 0 Å². The smallest absolute Gasteiger partial charge is 0.262 e. The molecule has 2 aliphatic heterocycles. The van der Waals surface area contributed by atoms with E-state index in [9.17, 15) is 19.2 Å². The normalized spacial score (nSPS) is 17.5. The molecule has 0 spiro atoms. The second-order valence-electron chi connectivity index (χ2n) is 8.05. The Bertz CT molecular complexity index is 1040. The number of hydrogen-bond donors (Lipinski definition) is 1. The lowest BCUT2D eigenvalue weighted by molar-refractivity contribution is -0.136. The number of imide groups is 1. The van der Waals surface area contributed by atoms with E-state index in [0.29, 0.717) is 37.1 Å². The maximum absolute atomic E-state index is 13.0. The molecule has 0 aliphatic carbocycles. The summed E-state index contributed by atoms with van der Waals surface area (Å²) < 4.78 is 0. The summed E-state index contributed by atoms with van der Waals surface area (Å²) in [5.41, 5.74) is 1.62. The van der Waals surface area contributed by atoms with Crippen molar-refractivity contribution in [2.45, 2.75) is 31.8 Å². The van der Waals surface area contributed by atoms with Crippen LogP contribution < -0.4 is 5.32 Å². The maximum atomic E-state index is 13.0. The van der Waals surface area contributed by atoms with Crippen LogP contribution in [0.1, 0.15) is 46.0 Å². The third kappa shape index (κ3) is 4.32. The molecule has 2 heterocycles. The van der Waals surface area contributed by atoms with Crippen LogP contribution in [0.25, 0.3) is 6.08 Å². The fraction of sp³-hybridized carbons (Fsp3) is 0.280. The van der Waals surface area contributed by atoms with Gasteiger partial charge in [-0.1, -0.05) is 42.5 Å². The van der Waals surface area contributed by atoms with E-state index >= 15 is 0 Å². The number of piperidine rings is 1. The summed E-state index contributed by atoms with van der Waals surface area (Å²) in [4.78, 5) is 53.2. The lowest BCUT2D eigenvalue weighted by Gasteiger charge is -2.35. The minimum Gasteiger partial charge on any atom is -0.350 e. The Morgan fingerprint density at radius 1 is 0.938 bits per heavy atom. The zero-order valence-corrected chi connectivity index (χ0v) is 17.9. The number of carbonyl (C=O) groups is 4. The van der Waals surface area contributed by atoms with Crippen LogP contribution in [0.4, 0.5) is 0 Å². The first-order chi connectivity index (χ1) is 15.5. The van der Waals surface area contributed by atoms with Crippen molar-refractivity contribution in [3.63, 3.8) is 0 Å². The maximum Gasteiger partial charge on any atom is 0.262 e. The molecule has 0 bridgehead atoms. The predicted molar refractivity (Wildman–Crippen MR) is 120 cm³/mol. The van der Waals surface area contributed by atoms with Gasteiger partial charge in [0.15, 0.2) is 0 Å². The highest BCUT2D eigenvalue weighted by atomic mass is 16.2. The lowest BCUT2D eigenvalue weighted by atomic mass is 10.0. The van der Waals surface area contributed by atoms with Crippen molar-refractivity contribution in [3.8, 4) is 0 Å². The summed E-state index contributed by atoms with van der Waals surface area (Å²) in [5.74, 6) is -1.29. The molecule has 1 N–H and O–H groups in total. The van der Waals surface area contributed by atoms with Crippen molar-refractivity contribution in [3.05, 3.63) is 77.4 Å². The molecule has 4 amide bonds. The Morgan fingerprint density at radius 3 is 2.09 bits per heavy atom. The number of carbonyl (C=O) groups excluding carboxylic acids is 4. The van der Waals surface area contributed by atoms with E-state index in [-0.39, 0.29) is 17.9 Å².